The van der Waals surface area contributed by atoms with Crippen molar-refractivity contribution in [2.45, 2.75) is 6.54 Å². The summed E-state index contributed by atoms with van der Waals surface area (Å²) in [4.78, 5) is 7.47. The molecule has 1 aliphatic heterocycles. The van der Waals surface area contributed by atoms with Gasteiger partial charge in [0.1, 0.15) is 0 Å². The minimum atomic E-state index is 0.300. The lowest BCUT2D eigenvalue weighted by molar-refractivity contribution is 0.183. The summed E-state index contributed by atoms with van der Waals surface area (Å²) in [6.45, 7) is 4.45. The number of thiophene rings is 1. The van der Waals surface area contributed by atoms with Crippen molar-refractivity contribution in [3.05, 3.63) is 47.3 Å². The van der Waals surface area contributed by atoms with E-state index in [1.807, 2.05) is 11.3 Å². The zero-order valence-corrected chi connectivity index (χ0v) is 14.8. The van der Waals surface area contributed by atoms with Gasteiger partial charge in [0.15, 0.2) is 0 Å². The molecule has 23 heavy (non-hydrogen) atoms. The molecule has 0 saturated carbocycles. The standard InChI is InChI=1S/C19H26N2OS/c1-20(2)10-16-11-21(12-17(16)14-22)13-18-8-9-19(23-18)15-6-4-3-5-7-15/h3-9,16-17,22H,10-14H2,1-2H3/t16-,17-/m1/s1. The monoisotopic (exact) mass is 330 g/mol. The first kappa shape index (κ1) is 16.7. The third-order valence-electron chi connectivity index (χ3n) is 4.59. The number of benzene rings is 1. The van der Waals surface area contributed by atoms with Crippen molar-refractivity contribution in [2.75, 3.05) is 40.3 Å². The largest absolute Gasteiger partial charge is 0.396 e. The van der Waals surface area contributed by atoms with Crippen LogP contribution in [0.4, 0.5) is 0 Å². The molecule has 0 aliphatic carbocycles. The normalized spacial score (nSPS) is 22.1. The lowest BCUT2D eigenvalue weighted by Gasteiger charge is -2.20. The quantitative estimate of drug-likeness (QED) is 0.882. The molecule has 1 fully saturated rings. The van der Waals surface area contributed by atoms with Gasteiger partial charge >= 0.3 is 0 Å². The molecule has 3 nitrogen and oxygen atoms in total. The summed E-state index contributed by atoms with van der Waals surface area (Å²) in [5.41, 5.74) is 1.30. The van der Waals surface area contributed by atoms with Crippen LogP contribution in [0.3, 0.4) is 0 Å². The molecule has 0 amide bonds. The van der Waals surface area contributed by atoms with Crippen molar-refractivity contribution in [3.63, 3.8) is 0 Å². The van der Waals surface area contributed by atoms with Gasteiger partial charge in [0.2, 0.25) is 0 Å². The summed E-state index contributed by atoms with van der Waals surface area (Å²) in [5, 5.41) is 9.64. The molecule has 0 bridgehead atoms. The second kappa shape index (κ2) is 7.58. The van der Waals surface area contributed by atoms with Crippen LogP contribution in [-0.4, -0.2) is 55.2 Å². The fourth-order valence-corrected chi connectivity index (χ4v) is 4.54. The Hall–Kier alpha value is -1.20. The van der Waals surface area contributed by atoms with E-state index in [0.29, 0.717) is 18.4 Å². The third kappa shape index (κ3) is 4.21. The molecule has 1 aliphatic rings. The topological polar surface area (TPSA) is 26.7 Å². The maximum absolute atomic E-state index is 9.64. The number of aliphatic hydroxyl groups is 1. The van der Waals surface area contributed by atoms with Crippen molar-refractivity contribution < 1.29 is 5.11 Å². The van der Waals surface area contributed by atoms with Gasteiger partial charge < -0.3 is 10.0 Å². The van der Waals surface area contributed by atoms with E-state index >= 15 is 0 Å². The summed E-state index contributed by atoms with van der Waals surface area (Å²) in [6, 6.07) is 15.1. The molecule has 124 valence electrons. The van der Waals surface area contributed by atoms with Crippen molar-refractivity contribution in [1.29, 1.82) is 0 Å². The summed E-state index contributed by atoms with van der Waals surface area (Å²) in [7, 11) is 4.23. The summed E-state index contributed by atoms with van der Waals surface area (Å²) >= 11 is 1.88. The van der Waals surface area contributed by atoms with E-state index in [0.717, 1.165) is 26.2 Å². The van der Waals surface area contributed by atoms with E-state index in [9.17, 15) is 5.11 Å². The van der Waals surface area contributed by atoms with Crippen LogP contribution in [0.25, 0.3) is 10.4 Å². The zero-order valence-electron chi connectivity index (χ0n) is 14.0. The molecule has 1 aromatic carbocycles. The smallest absolute Gasteiger partial charge is 0.0475 e. The highest BCUT2D eigenvalue weighted by molar-refractivity contribution is 7.15. The molecule has 0 spiro atoms. The predicted molar refractivity (Wildman–Crippen MR) is 97.7 cm³/mol. The molecule has 0 radical (unpaired) electrons. The van der Waals surface area contributed by atoms with Gasteiger partial charge in [0.25, 0.3) is 0 Å². The number of nitrogens with zero attached hydrogens (tertiary/aromatic N) is 2. The minimum Gasteiger partial charge on any atom is -0.396 e. The number of likely N-dealkylation sites (tertiary alicyclic amines) is 1. The van der Waals surface area contributed by atoms with E-state index in [1.165, 1.54) is 15.3 Å². The van der Waals surface area contributed by atoms with E-state index in [-0.39, 0.29) is 0 Å². The molecule has 1 aromatic heterocycles. The SMILES string of the molecule is CN(C)C[C@@H]1CN(Cc2ccc(-c3ccccc3)s2)C[C@@H]1CO. The molecule has 4 heteroatoms. The van der Waals surface area contributed by atoms with Crippen LogP contribution in [-0.2, 0) is 6.54 Å². The summed E-state index contributed by atoms with van der Waals surface area (Å²) in [5.74, 6) is 0.981. The molecule has 3 rings (SSSR count). The summed E-state index contributed by atoms with van der Waals surface area (Å²) < 4.78 is 0. The van der Waals surface area contributed by atoms with E-state index in [2.05, 4.69) is 66.4 Å². The van der Waals surface area contributed by atoms with Crippen LogP contribution in [0.1, 0.15) is 4.88 Å². The van der Waals surface area contributed by atoms with Gasteiger partial charge in [-0.2, -0.15) is 0 Å². The number of aliphatic hydroxyl groups excluding tert-OH is 1. The highest BCUT2D eigenvalue weighted by Gasteiger charge is 2.32. The molecular weight excluding hydrogens is 304 g/mol. The fraction of sp³-hybridized carbons (Fsp3) is 0.474. The van der Waals surface area contributed by atoms with Crippen molar-refractivity contribution >= 4 is 11.3 Å². The third-order valence-corrected chi connectivity index (χ3v) is 5.70. The van der Waals surface area contributed by atoms with Gasteiger partial charge in [-0.3, -0.25) is 4.90 Å². The molecule has 1 N–H and O–H groups in total. The first-order chi connectivity index (χ1) is 11.2. The van der Waals surface area contributed by atoms with Gasteiger partial charge in [-0.25, -0.2) is 0 Å². The average Bonchev–Trinajstić information content (AvgIpc) is 3.15. The van der Waals surface area contributed by atoms with Gasteiger partial charge in [-0.1, -0.05) is 30.3 Å². The van der Waals surface area contributed by atoms with Crippen LogP contribution in [0.2, 0.25) is 0 Å². The molecule has 2 aromatic rings. The minimum absolute atomic E-state index is 0.300. The average molecular weight is 330 g/mol. The zero-order chi connectivity index (χ0) is 16.2. The lowest BCUT2D eigenvalue weighted by Crippen LogP contribution is -2.28. The second-order valence-corrected chi connectivity index (χ2v) is 7.96. The lowest BCUT2D eigenvalue weighted by atomic mass is 9.97. The molecular formula is C19H26N2OS. The number of hydrogen-bond donors (Lipinski definition) is 1. The van der Waals surface area contributed by atoms with Gasteiger partial charge in [-0.05, 0) is 43.6 Å². The van der Waals surface area contributed by atoms with Gasteiger partial charge in [0, 0.05) is 42.5 Å². The molecule has 2 atom stereocenters. The van der Waals surface area contributed by atoms with Crippen molar-refractivity contribution in [1.82, 2.24) is 9.80 Å². The highest BCUT2D eigenvalue weighted by atomic mass is 32.1. The molecule has 1 saturated heterocycles. The molecule has 2 heterocycles. The Morgan fingerprint density at radius 1 is 1.09 bits per heavy atom. The van der Waals surface area contributed by atoms with Crippen LogP contribution in [0.5, 0.6) is 0 Å². The van der Waals surface area contributed by atoms with Crippen LogP contribution in [0, 0.1) is 11.8 Å². The maximum atomic E-state index is 9.64. The maximum Gasteiger partial charge on any atom is 0.0475 e. The van der Waals surface area contributed by atoms with E-state index < -0.39 is 0 Å². The van der Waals surface area contributed by atoms with E-state index in [4.69, 9.17) is 0 Å². The number of hydrogen-bond acceptors (Lipinski definition) is 4. The van der Waals surface area contributed by atoms with Crippen LogP contribution < -0.4 is 0 Å². The highest BCUT2D eigenvalue weighted by Crippen LogP contribution is 2.31. The molecule has 0 unspecified atom stereocenters. The Bertz CT molecular complexity index is 611. The van der Waals surface area contributed by atoms with Gasteiger partial charge in [0.05, 0.1) is 0 Å². The second-order valence-electron chi connectivity index (χ2n) is 6.79. The van der Waals surface area contributed by atoms with Crippen molar-refractivity contribution in [3.8, 4) is 10.4 Å². The number of rotatable bonds is 6. The predicted octanol–water partition coefficient (Wildman–Crippen LogP) is 3.02. The van der Waals surface area contributed by atoms with Crippen LogP contribution >= 0.6 is 11.3 Å². The first-order valence-electron chi connectivity index (χ1n) is 8.28. The Morgan fingerprint density at radius 3 is 2.52 bits per heavy atom. The summed E-state index contributed by atoms with van der Waals surface area (Å²) in [6.07, 6.45) is 0. The Labute approximate surface area is 143 Å². The Morgan fingerprint density at radius 2 is 1.83 bits per heavy atom. The van der Waals surface area contributed by atoms with Crippen molar-refractivity contribution in [2.24, 2.45) is 11.8 Å². The Balaban J connectivity index is 1.63. The fourth-order valence-electron chi connectivity index (χ4n) is 3.49. The van der Waals surface area contributed by atoms with E-state index in [1.54, 1.807) is 0 Å². The first-order valence-corrected chi connectivity index (χ1v) is 9.09. The van der Waals surface area contributed by atoms with Gasteiger partial charge in [-0.15, -0.1) is 11.3 Å². The van der Waals surface area contributed by atoms with Crippen LogP contribution in [0.15, 0.2) is 42.5 Å². The Kier molecular flexibility index (Phi) is 5.49.